The Labute approximate surface area is 72.1 Å². The molecule has 0 saturated heterocycles. The number of carbonyl (C=O) groups excluding carboxylic acids is 1. The Balaban J connectivity index is 2.95. The maximum atomic E-state index is 10.6. The molecule has 1 rings (SSSR count). The van der Waals surface area contributed by atoms with Crippen molar-refractivity contribution in [1.82, 2.24) is 0 Å². The second kappa shape index (κ2) is 3.72. The summed E-state index contributed by atoms with van der Waals surface area (Å²) in [4.78, 5) is 12.1. The lowest BCUT2D eigenvalue weighted by molar-refractivity contribution is -0.107. The number of allylic oxidation sites excluding steroid dienone is 1. The summed E-state index contributed by atoms with van der Waals surface area (Å²) < 4.78 is 0. The maximum absolute atomic E-state index is 10.6. The smallest absolute Gasteiger partial charge is 0.218 e. The summed E-state index contributed by atoms with van der Waals surface area (Å²) in [7, 11) is 0. The molecule has 62 valence electrons. The number of carbonyl (C=O) groups is 1. The van der Waals surface area contributed by atoms with Crippen LogP contribution in [0, 0.1) is 0 Å². The van der Waals surface area contributed by atoms with Gasteiger partial charge in [0.2, 0.25) is 6.41 Å². The summed E-state index contributed by atoms with van der Waals surface area (Å²) in [5, 5.41) is 0. The second-order valence-electron chi connectivity index (χ2n) is 2.55. The van der Waals surface area contributed by atoms with Crippen molar-refractivity contribution in [3.8, 4) is 0 Å². The molecular weight excluding hydrogens is 150 g/mol. The van der Waals surface area contributed by atoms with E-state index in [1.807, 2.05) is 30.3 Å². The zero-order valence-electron chi connectivity index (χ0n) is 7.03. The summed E-state index contributed by atoms with van der Waals surface area (Å²) in [6, 6.07) is 9.40. The summed E-state index contributed by atoms with van der Waals surface area (Å²) in [6.45, 7) is 5.49. The third kappa shape index (κ3) is 1.72. The van der Waals surface area contributed by atoms with Crippen LogP contribution in [0.15, 0.2) is 42.6 Å². The fourth-order valence-corrected chi connectivity index (χ4v) is 0.960. The number of hydrogen-bond acceptors (Lipinski definition) is 1. The van der Waals surface area contributed by atoms with Crippen LogP contribution in [0.3, 0.4) is 0 Å². The Morgan fingerprint density at radius 1 is 1.42 bits per heavy atom. The van der Waals surface area contributed by atoms with Crippen molar-refractivity contribution in [3.05, 3.63) is 42.6 Å². The highest BCUT2D eigenvalue weighted by Gasteiger charge is 2.02. The van der Waals surface area contributed by atoms with E-state index in [0.29, 0.717) is 0 Å². The van der Waals surface area contributed by atoms with Crippen LogP contribution in [0.5, 0.6) is 0 Å². The van der Waals surface area contributed by atoms with Crippen LogP contribution in [0.4, 0.5) is 5.69 Å². The van der Waals surface area contributed by atoms with Crippen molar-refractivity contribution in [3.63, 3.8) is 0 Å². The fourth-order valence-electron chi connectivity index (χ4n) is 0.960. The highest BCUT2D eigenvalue weighted by molar-refractivity contribution is 5.78. The molecule has 12 heavy (non-hydrogen) atoms. The largest absolute Gasteiger partial charge is 0.288 e. The predicted molar refractivity (Wildman–Crippen MR) is 49.8 cm³/mol. The SMILES string of the molecule is C=C(C)N(C=O)c1ccccc1. The van der Waals surface area contributed by atoms with Gasteiger partial charge in [0.05, 0.1) is 0 Å². The third-order valence-electron chi connectivity index (χ3n) is 1.55. The van der Waals surface area contributed by atoms with Gasteiger partial charge in [-0.15, -0.1) is 0 Å². The quantitative estimate of drug-likeness (QED) is 0.622. The molecule has 0 aromatic heterocycles. The van der Waals surface area contributed by atoms with Crippen molar-refractivity contribution in [1.29, 1.82) is 0 Å². The van der Waals surface area contributed by atoms with Gasteiger partial charge in [0.15, 0.2) is 0 Å². The summed E-state index contributed by atoms with van der Waals surface area (Å²) in [6.07, 6.45) is 0.762. The van der Waals surface area contributed by atoms with Gasteiger partial charge in [-0.3, -0.25) is 9.69 Å². The van der Waals surface area contributed by atoms with E-state index >= 15 is 0 Å². The van der Waals surface area contributed by atoms with E-state index in [1.54, 1.807) is 6.92 Å². The molecule has 2 heteroatoms. The second-order valence-corrected chi connectivity index (χ2v) is 2.55. The first kappa shape index (κ1) is 8.53. The fraction of sp³-hybridized carbons (Fsp3) is 0.100. The number of amides is 1. The van der Waals surface area contributed by atoms with Crippen LogP contribution in [-0.2, 0) is 4.79 Å². The molecule has 0 aliphatic heterocycles. The van der Waals surface area contributed by atoms with Crippen LogP contribution in [0.2, 0.25) is 0 Å². The van der Waals surface area contributed by atoms with Gasteiger partial charge in [-0.2, -0.15) is 0 Å². The van der Waals surface area contributed by atoms with E-state index in [4.69, 9.17) is 0 Å². The molecule has 0 atom stereocenters. The van der Waals surface area contributed by atoms with Gasteiger partial charge in [0.25, 0.3) is 0 Å². The molecule has 1 aromatic carbocycles. The summed E-state index contributed by atoms with van der Waals surface area (Å²) in [5.74, 6) is 0. The molecule has 1 aromatic rings. The minimum absolute atomic E-state index is 0.719. The van der Waals surface area contributed by atoms with Gasteiger partial charge in [-0.05, 0) is 19.1 Å². The monoisotopic (exact) mass is 161 g/mol. The van der Waals surface area contributed by atoms with Crippen LogP contribution in [-0.4, -0.2) is 6.41 Å². The first-order chi connectivity index (χ1) is 5.75. The van der Waals surface area contributed by atoms with Gasteiger partial charge in [-0.25, -0.2) is 0 Å². The number of para-hydroxylation sites is 1. The lowest BCUT2D eigenvalue weighted by Crippen LogP contribution is -2.17. The summed E-state index contributed by atoms with van der Waals surface area (Å²) in [5.41, 5.74) is 1.57. The molecule has 0 saturated carbocycles. The molecule has 0 aliphatic rings. The van der Waals surface area contributed by atoms with E-state index in [-0.39, 0.29) is 0 Å². The number of hydrogen-bond donors (Lipinski definition) is 0. The van der Waals surface area contributed by atoms with Gasteiger partial charge < -0.3 is 0 Å². The van der Waals surface area contributed by atoms with Gasteiger partial charge in [0.1, 0.15) is 0 Å². The maximum Gasteiger partial charge on any atom is 0.218 e. The van der Waals surface area contributed by atoms with Gasteiger partial charge in [0, 0.05) is 11.4 Å². The van der Waals surface area contributed by atoms with E-state index in [9.17, 15) is 4.79 Å². The van der Waals surface area contributed by atoms with Crippen LogP contribution in [0.1, 0.15) is 6.92 Å². The molecule has 0 spiro atoms. The van der Waals surface area contributed by atoms with E-state index in [1.165, 1.54) is 4.90 Å². The molecule has 0 aliphatic carbocycles. The Hall–Kier alpha value is -1.57. The number of nitrogens with zero attached hydrogens (tertiary/aromatic N) is 1. The van der Waals surface area contributed by atoms with Crippen molar-refractivity contribution >= 4 is 12.1 Å². The van der Waals surface area contributed by atoms with Crippen LogP contribution in [0.25, 0.3) is 0 Å². The predicted octanol–water partition coefficient (Wildman–Crippen LogP) is 2.18. The highest BCUT2D eigenvalue weighted by Crippen LogP contribution is 2.14. The first-order valence-corrected chi connectivity index (χ1v) is 3.71. The molecule has 0 fully saturated rings. The Morgan fingerprint density at radius 2 is 2.00 bits per heavy atom. The van der Waals surface area contributed by atoms with Crippen LogP contribution < -0.4 is 4.90 Å². The van der Waals surface area contributed by atoms with Crippen molar-refractivity contribution in [2.45, 2.75) is 6.92 Å². The Bertz CT molecular complexity index is 279. The van der Waals surface area contributed by atoms with Gasteiger partial charge >= 0.3 is 0 Å². The minimum Gasteiger partial charge on any atom is -0.288 e. The molecule has 0 radical (unpaired) electrons. The van der Waals surface area contributed by atoms with Crippen molar-refractivity contribution in [2.24, 2.45) is 0 Å². The zero-order chi connectivity index (χ0) is 8.97. The molecule has 0 bridgehead atoms. The first-order valence-electron chi connectivity index (χ1n) is 3.71. The highest BCUT2D eigenvalue weighted by atomic mass is 16.1. The number of benzene rings is 1. The zero-order valence-corrected chi connectivity index (χ0v) is 7.03. The van der Waals surface area contributed by atoms with E-state index in [2.05, 4.69) is 6.58 Å². The Kier molecular flexibility index (Phi) is 2.64. The lowest BCUT2D eigenvalue weighted by atomic mass is 10.3. The molecular formula is C10H11NO. The molecule has 0 N–H and O–H groups in total. The minimum atomic E-state index is 0.719. The van der Waals surface area contributed by atoms with E-state index in [0.717, 1.165) is 17.8 Å². The topological polar surface area (TPSA) is 20.3 Å². The average molecular weight is 161 g/mol. The van der Waals surface area contributed by atoms with Crippen molar-refractivity contribution in [2.75, 3.05) is 4.90 Å². The standard InChI is InChI=1S/C10H11NO/c1-9(2)11(8-12)10-6-4-3-5-7-10/h3-8H,1H2,2H3. The third-order valence-corrected chi connectivity index (χ3v) is 1.55. The van der Waals surface area contributed by atoms with Crippen LogP contribution >= 0.6 is 0 Å². The Morgan fingerprint density at radius 3 is 2.42 bits per heavy atom. The number of rotatable bonds is 3. The summed E-state index contributed by atoms with van der Waals surface area (Å²) >= 11 is 0. The molecule has 2 nitrogen and oxygen atoms in total. The molecule has 0 heterocycles. The normalized spacial score (nSPS) is 9.08. The lowest BCUT2D eigenvalue weighted by Gasteiger charge is -2.16. The van der Waals surface area contributed by atoms with Crippen molar-refractivity contribution < 1.29 is 4.79 Å². The number of anilines is 1. The van der Waals surface area contributed by atoms with Gasteiger partial charge in [-0.1, -0.05) is 24.8 Å². The average Bonchev–Trinajstić information content (AvgIpc) is 2.07. The molecule has 1 amide bonds. The molecule has 0 unspecified atom stereocenters. The van der Waals surface area contributed by atoms with E-state index < -0.39 is 0 Å².